The van der Waals surface area contributed by atoms with Crippen molar-refractivity contribution in [1.29, 1.82) is 0 Å². The second-order valence-electron chi connectivity index (χ2n) is 3.23. The Kier molecular flexibility index (Phi) is 4.27. The second kappa shape index (κ2) is 5.48. The summed E-state index contributed by atoms with van der Waals surface area (Å²) in [6.07, 6.45) is -0.746. The standard InChI is InChI=1S/C11H14O4/c1-15-6-5-8-3-2-4-9(7-8)10(12)11(13)14/h2-4,7,10,12H,5-6H2,1H3,(H,13,14). The highest BCUT2D eigenvalue weighted by atomic mass is 16.5. The van der Waals surface area contributed by atoms with Gasteiger partial charge in [0.1, 0.15) is 0 Å². The van der Waals surface area contributed by atoms with E-state index in [0.29, 0.717) is 18.6 Å². The number of aliphatic carboxylic acids is 1. The first-order valence-corrected chi connectivity index (χ1v) is 4.64. The molecule has 0 saturated heterocycles. The van der Waals surface area contributed by atoms with Crippen molar-refractivity contribution < 1.29 is 19.7 Å². The fourth-order valence-corrected chi connectivity index (χ4v) is 1.28. The van der Waals surface area contributed by atoms with Gasteiger partial charge in [0.2, 0.25) is 0 Å². The molecule has 0 aliphatic heterocycles. The topological polar surface area (TPSA) is 66.8 Å². The van der Waals surface area contributed by atoms with E-state index in [1.54, 1.807) is 25.3 Å². The van der Waals surface area contributed by atoms with Crippen LogP contribution in [0.4, 0.5) is 0 Å². The first-order chi connectivity index (χ1) is 7.15. The summed E-state index contributed by atoms with van der Waals surface area (Å²) >= 11 is 0. The minimum atomic E-state index is -1.45. The normalized spacial score (nSPS) is 12.4. The lowest BCUT2D eigenvalue weighted by molar-refractivity contribution is -0.146. The van der Waals surface area contributed by atoms with Crippen molar-refractivity contribution in [2.75, 3.05) is 13.7 Å². The third-order valence-electron chi connectivity index (χ3n) is 2.10. The third kappa shape index (κ3) is 3.34. The Morgan fingerprint density at radius 1 is 1.53 bits per heavy atom. The van der Waals surface area contributed by atoms with Crippen molar-refractivity contribution in [1.82, 2.24) is 0 Å². The fourth-order valence-electron chi connectivity index (χ4n) is 1.28. The highest BCUT2D eigenvalue weighted by molar-refractivity contribution is 5.74. The number of rotatable bonds is 5. The van der Waals surface area contributed by atoms with Crippen LogP contribution in [0, 0.1) is 0 Å². The number of benzene rings is 1. The first kappa shape index (κ1) is 11.7. The van der Waals surface area contributed by atoms with Gasteiger partial charge in [0.25, 0.3) is 0 Å². The average molecular weight is 210 g/mol. The van der Waals surface area contributed by atoms with E-state index in [1.807, 2.05) is 6.07 Å². The molecule has 1 aromatic carbocycles. The molecule has 1 unspecified atom stereocenters. The molecule has 0 aromatic heterocycles. The van der Waals surface area contributed by atoms with Crippen molar-refractivity contribution in [2.45, 2.75) is 12.5 Å². The van der Waals surface area contributed by atoms with E-state index in [2.05, 4.69) is 0 Å². The number of hydrogen-bond acceptors (Lipinski definition) is 3. The van der Waals surface area contributed by atoms with Gasteiger partial charge in [-0.1, -0.05) is 24.3 Å². The summed E-state index contributed by atoms with van der Waals surface area (Å²) in [4.78, 5) is 10.6. The number of methoxy groups -OCH3 is 1. The number of carbonyl (C=O) groups is 1. The van der Waals surface area contributed by atoms with Gasteiger partial charge in [-0.3, -0.25) is 0 Å². The van der Waals surface area contributed by atoms with Crippen LogP contribution in [0.3, 0.4) is 0 Å². The van der Waals surface area contributed by atoms with Crippen LogP contribution in [0.25, 0.3) is 0 Å². The Bertz CT molecular complexity index is 335. The van der Waals surface area contributed by atoms with E-state index in [9.17, 15) is 9.90 Å². The molecule has 0 saturated carbocycles. The molecule has 0 fully saturated rings. The summed E-state index contributed by atoms with van der Waals surface area (Å²) in [7, 11) is 1.61. The smallest absolute Gasteiger partial charge is 0.337 e. The van der Waals surface area contributed by atoms with Crippen molar-refractivity contribution in [3.05, 3.63) is 35.4 Å². The molecule has 0 spiro atoms. The van der Waals surface area contributed by atoms with Crippen LogP contribution in [0.1, 0.15) is 17.2 Å². The van der Waals surface area contributed by atoms with Crippen LogP contribution in [0.5, 0.6) is 0 Å². The molecule has 2 N–H and O–H groups in total. The van der Waals surface area contributed by atoms with E-state index in [4.69, 9.17) is 9.84 Å². The molecule has 4 nitrogen and oxygen atoms in total. The summed E-state index contributed by atoms with van der Waals surface area (Å²) in [5, 5.41) is 17.9. The van der Waals surface area contributed by atoms with Gasteiger partial charge in [-0.15, -0.1) is 0 Å². The van der Waals surface area contributed by atoms with E-state index < -0.39 is 12.1 Å². The monoisotopic (exact) mass is 210 g/mol. The van der Waals surface area contributed by atoms with Gasteiger partial charge in [-0.05, 0) is 17.5 Å². The molecule has 1 aromatic rings. The van der Waals surface area contributed by atoms with Gasteiger partial charge in [-0.25, -0.2) is 4.79 Å². The van der Waals surface area contributed by atoms with E-state index in [1.165, 1.54) is 0 Å². The summed E-state index contributed by atoms with van der Waals surface area (Å²) in [5.74, 6) is -1.24. The maximum Gasteiger partial charge on any atom is 0.337 e. The molecule has 0 heterocycles. The summed E-state index contributed by atoms with van der Waals surface area (Å²) in [5.41, 5.74) is 1.35. The molecule has 1 atom stereocenters. The molecule has 0 radical (unpaired) electrons. The molecule has 0 aliphatic rings. The number of aliphatic hydroxyl groups excluding tert-OH is 1. The number of carboxylic acid groups (broad SMARTS) is 1. The zero-order valence-corrected chi connectivity index (χ0v) is 8.51. The SMILES string of the molecule is COCCc1cccc(C(O)C(=O)O)c1. The van der Waals surface area contributed by atoms with Gasteiger partial charge in [0.15, 0.2) is 6.10 Å². The number of hydrogen-bond donors (Lipinski definition) is 2. The Hall–Kier alpha value is -1.39. The number of carboxylic acids is 1. The van der Waals surface area contributed by atoms with Crippen LogP contribution in [-0.2, 0) is 16.0 Å². The van der Waals surface area contributed by atoms with Crippen LogP contribution in [-0.4, -0.2) is 29.9 Å². The van der Waals surface area contributed by atoms with Crippen LogP contribution >= 0.6 is 0 Å². The third-order valence-corrected chi connectivity index (χ3v) is 2.10. The molecule has 15 heavy (non-hydrogen) atoms. The molecule has 0 bridgehead atoms. The van der Waals surface area contributed by atoms with E-state index in [-0.39, 0.29) is 0 Å². The minimum absolute atomic E-state index is 0.399. The van der Waals surface area contributed by atoms with E-state index in [0.717, 1.165) is 5.56 Å². The Balaban J connectivity index is 2.77. The summed E-state index contributed by atoms with van der Waals surface area (Å²) < 4.78 is 4.91. The molecular weight excluding hydrogens is 196 g/mol. The lowest BCUT2D eigenvalue weighted by atomic mass is 10.0. The van der Waals surface area contributed by atoms with Crippen molar-refractivity contribution in [3.63, 3.8) is 0 Å². The summed E-state index contributed by atoms with van der Waals surface area (Å²) in [6.45, 7) is 0.576. The minimum Gasteiger partial charge on any atom is -0.479 e. The van der Waals surface area contributed by atoms with Crippen LogP contribution < -0.4 is 0 Å². The fraction of sp³-hybridized carbons (Fsp3) is 0.364. The van der Waals surface area contributed by atoms with Gasteiger partial charge >= 0.3 is 5.97 Å². The second-order valence-corrected chi connectivity index (χ2v) is 3.23. The highest BCUT2D eigenvalue weighted by Gasteiger charge is 2.15. The molecule has 1 rings (SSSR count). The largest absolute Gasteiger partial charge is 0.479 e. The van der Waals surface area contributed by atoms with Gasteiger partial charge in [0, 0.05) is 7.11 Å². The highest BCUT2D eigenvalue weighted by Crippen LogP contribution is 2.15. The van der Waals surface area contributed by atoms with Gasteiger partial charge in [0.05, 0.1) is 6.61 Å². The Labute approximate surface area is 88.1 Å². The maximum absolute atomic E-state index is 10.6. The van der Waals surface area contributed by atoms with Gasteiger partial charge < -0.3 is 14.9 Å². The van der Waals surface area contributed by atoms with Gasteiger partial charge in [-0.2, -0.15) is 0 Å². The first-order valence-electron chi connectivity index (χ1n) is 4.64. The summed E-state index contributed by atoms with van der Waals surface area (Å²) in [6, 6.07) is 6.87. The number of ether oxygens (including phenoxy) is 1. The quantitative estimate of drug-likeness (QED) is 0.760. The molecular formula is C11H14O4. The van der Waals surface area contributed by atoms with Crippen molar-refractivity contribution >= 4 is 5.97 Å². The van der Waals surface area contributed by atoms with E-state index >= 15 is 0 Å². The van der Waals surface area contributed by atoms with Crippen LogP contribution in [0.15, 0.2) is 24.3 Å². The van der Waals surface area contributed by atoms with Crippen LogP contribution in [0.2, 0.25) is 0 Å². The molecule has 4 heteroatoms. The van der Waals surface area contributed by atoms with Crippen molar-refractivity contribution in [2.24, 2.45) is 0 Å². The lowest BCUT2D eigenvalue weighted by Gasteiger charge is -2.07. The van der Waals surface area contributed by atoms with Crippen molar-refractivity contribution in [3.8, 4) is 0 Å². The molecule has 0 aliphatic carbocycles. The average Bonchev–Trinajstić information content (AvgIpc) is 2.25. The lowest BCUT2D eigenvalue weighted by Crippen LogP contribution is -2.10. The molecule has 0 amide bonds. The predicted octanol–water partition coefficient (Wildman–Crippen LogP) is 0.994. The maximum atomic E-state index is 10.6. The zero-order valence-electron chi connectivity index (χ0n) is 8.51. The zero-order chi connectivity index (χ0) is 11.3. The Morgan fingerprint density at radius 3 is 2.87 bits per heavy atom. The number of aliphatic hydroxyl groups is 1. The molecule has 82 valence electrons. The predicted molar refractivity (Wildman–Crippen MR) is 54.6 cm³/mol. The Morgan fingerprint density at radius 2 is 2.27 bits per heavy atom.